The first kappa shape index (κ1) is 13.9. The molecule has 2 unspecified atom stereocenters. The molecule has 2 rings (SSSR count). The summed E-state index contributed by atoms with van der Waals surface area (Å²) in [6.07, 6.45) is 1.06. The molecular formula is C14H16BrN3O. The van der Waals surface area contributed by atoms with Gasteiger partial charge in [0.15, 0.2) is 0 Å². The Hall–Kier alpha value is -1.54. The molecule has 1 N–H and O–H groups in total. The van der Waals surface area contributed by atoms with E-state index in [1.807, 2.05) is 36.1 Å². The Bertz CT molecular complexity index is 512. The summed E-state index contributed by atoms with van der Waals surface area (Å²) in [5.41, 5.74) is 0.965. The Kier molecular flexibility index (Phi) is 4.43. The fourth-order valence-electron chi connectivity index (χ4n) is 2.30. The number of hydrogen-bond acceptors (Lipinski definition) is 3. The van der Waals surface area contributed by atoms with Crippen molar-refractivity contribution in [2.24, 2.45) is 0 Å². The second kappa shape index (κ2) is 6.07. The standard InChI is InChI=1S/C14H16BrN3O/c1-10-7-9-18(12-5-3-2-4-11(12)15)13(6-8-16)14(19)17-10/h2-5,10,13H,6-7,9H2,1H3,(H,17,19). The highest BCUT2D eigenvalue weighted by molar-refractivity contribution is 9.10. The van der Waals surface area contributed by atoms with Crippen molar-refractivity contribution >= 4 is 27.5 Å². The molecule has 1 saturated heterocycles. The Morgan fingerprint density at radius 1 is 1.53 bits per heavy atom. The van der Waals surface area contributed by atoms with Crippen molar-refractivity contribution in [2.45, 2.75) is 31.8 Å². The minimum absolute atomic E-state index is 0.0673. The van der Waals surface area contributed by atoms with E-state index in [2.05, 4.69) is 27.3 Å². The van der Waals surface area contributed by atoms with Gasteiger partial charge in [-0.15, -0.1) is 0 Å². The summed E-state index contributed by atoms with van der Waals surface area (Å²) in [6.45, 7) is 2.75. The molecule has 1 heterocycles. The predicted molar refractivity (Wildman–Crippen MR) is 77.7 cm³/mol. The number of hydrogen-bond donors (Lipinski definition) is 1. The minimum Gasteiger partial charge on any atom is -0.358 e. The maximum atomic E-state index is 12.2. The third-order valence-corrected chi connectivity index (χ3v) is 3.99. The number of carbonyl (C=O) groups is 1. The summed E-state index contributed by atoms with van der Waals surface area (Å²) in [6, 6.07) is 9.63. The first-order valence-corrected chi connectivity index (χ1v) is 7.11. The van der Waals surface area contributed by atoms with E-state index in [9.17, 15) is 4.79 Å². The second-order valence-corrected chi connectivity index (χ2v) is 5.58. The third kappa shape index (κ3) is 3.07. The number of amides is 1. The summed E-state index contributed by atoms with van der Waals surface area (Å²) in [5.74, 6) is -0.0673. The fourth-order valence-corrected chi connectivity index (χ4v) is 2.82. The topological polar surface area (TPSA) is 56.1 Å². The van der Waals surface area contributed by atoms with E-state index in [0.717, 1.165) is 23.1 Å². The molecule has 1 fully saturated rings. The average Bonchev–Trinajstić information content (AvgIpc) is 2.51. The van der Waals surface area contributed by atoms with Gasteiger partial charge in [0.25, 0.3) is 0 Å². The van der Waals surface area contributed by atoms with Gasteiger partial charge >= 0.3 is 0 Å². The molecule has 1 aromatic rings. The Morgan fingerprint density at radius 3 is 2.95 bits per heavy atom. The lowest BCUT2D eigenvalue weighted by atomic mass is 10.1. The zero-order valence-corrected chi connectivity index (χ0v) is 12.4. The Balaban J connectivity index is 2.37. The summed E-state index contributed by atoms with van der Waals surface area (Å²) in [7, 11) is 0. The average molecular weight is 322 g/mol. The lowest BCUT2D eigenvalue weighted by Gasteiger charge is -2.29. The number of nitrogens with one attached hydrogen (secondary N) is 1. The SMILES string of the molecule is CC1CCN(c2ccccc2Br)C(CC#N)C(=O)N1. The van der Waals surface area contributed by atoms with Crippen LogP contribution in [0.1, 0.15) is 19.8 Å². The van der Waals surface area contributed by atoms with Gasteiger partial charge in [-0.2, -0.15) is 5.26 Å². The van der Waals surface area contributed by atoms with Crippen LogP contribution in [0.5, 0.6) is 0 Å². The molecule has 0 aromatic heterocycles. The van der Waals surface area contributed by atoms with E-state index in [4.69, 9.17) is 5.26 Å². The van der Waals surface area contributed by atoms with Crippen molar-refractivity contribution in [3.8, 4) is 6.07 Å². The molecule has 1 aliphatic heterocycles. The summed E-state index contributed by atoms with van der Waals surface area (Å²) in [5, 5.41) is 11.9. The number of nitriles is 1. The zero-order valence-electron chi connectivity index (χ0n) is 10.8. The van der Waals surface area contributed by atoms with Gasteiger partial charge in [-0.3, -0.25) is 4.79 Å². The van der Waals surface area contributed by atoms with Gasteiger partial charge in [0, 0.05) is 17.1 Å². The molecule has 1 aromatic carbocycles. The van der Waals surface area contributed by atoms with Crippen LogP contribution < -0.4 is 10.2 Å². The predicted octanol–water partition coefficient (Wildman–Crippen LogP) is 2.45. The van der Waals surface area contributed by atoms with E-state index in [-0.39, 0.29) is 18.4 Å². The maximum absolute atomic E-state index is 12.2. The number of rotatable bonds is 2. The third-order valence-electron chi connectivity index (χ3n) is 3.32. The van der Waals surface area contributed by atoms with Gasteiger partial charge in [0.1, 0.15) is 6.04 Å². The molecular weight excluding hydrogens is 306 g/mol. The molecule has 0 radical (unpaired) electrons. The maximum Gasteiger partial charge on any atom is 0.243 e. The molecule has 0 spiro atoms. The number of benzene rings is 1. The highest BCUT2D eigenvalue weighted by Gasteiger charge is 2.31. The van der Waals surface area contributed by atoms with Crippen LogP contribution >= 0.6 is 15.9 Å². The number of anilines is 1. The summed E-state index contributed by atoms with van der Waals surface area (Å²) in [4.78, 5) is 14.2. The van der Waals surface area contributed by atoms with E-state index >= 15 is 0 Å². The Labute approximate surface area is 121 Å². The van der Waals surface area contributed by atoms with E-state index in [1.54, 1.807) is 0 Å². The van der Waals surface area contributed by atoms with Gasteiger partial charge < -0.3 is 10.2 Å². The van der Waals surface area contributed by atoms with Crippen molar-refractivity contribution in [2.75, 3.05) is 11.4 Å². The Morgan fingerprint density at radius 2 is 2.26 bits per heavy atom. The number of carbonyl (C=O) groups excluding carboxylic acids is 1. The first-order chi connectivity index (χ1) is 9.13. The number of para-hydroxylation sites is 1. The smallest absolute Gasteiger partial charge is 0.243 e. The minimum atomic E-state index is -0.423. The molecule has 1 aliphatic rings. The largest absolute Gasteiger partial charge is 0.358 e. The van der Waals surface area contributed by atoms with Crippen LogP contribution in [0.3, 0.4) is 0 Å². The first-order valence-electron chi connectivity index (χ1n) is 6.32. The van der Waals surface area contributed by atoms with Crippen molar-refractivity contribution in [1.29, 1.82) is 5.26 Å². The van der Waals surface area contributed by atoms with E-state index < -0.39 is 6.04 Å². The van der Waals surface area contributed by atoms with Gasteiger partial charge in [-0.1, -0.05) is 12.1 Å². The molecule has 19 heavy (non-hydrogen) atoms. The van der Waals surface area contributed by atoms with Crippen molar-refractivity contribution in [3.05, 3.63) is 28.7 Å². The molecule has 1 amide bonds. The van der Waals surface area contributed by atoms with Crippen LogP contribution in [-0.4, -0.2) is 24.5 Å². The summed E-state index contributed by atoms with van der Waals surface area (Å²) < 4.78 is 0.945. The second-order valence-electron chi connectivity index (χ2n) is 4.72. The molecule has 4 nitrogen and oxygen atoms in total. The van der Waals surface area contributed by atoms with E-state index in [1.165, 1.54) is 0 Å². The zero-order chi connectivity index (χ0) is 13.8. The molecule has 2 atom stereocenters. The van der Waals surface area contributed by atoms with Gasteiger partial charge in [-0.05, 0) is 41.4 Å². The number of nitrogens with zero attached hydrogens (tertiary/aromatic N) is 2. The van der Waals surface area contributed by atoms with E-state index in [0.29, 0.717) is 0 Å². The van der Waals surface area contributed by atoms with Crippen LogP contribution in [0.15, 0.2) is 28.7 Å². The molecule has 0 aliphatic carbocycles. The molecule has 5 heteroatoms. The molecule has 0 saturated carbocycles. The summed E-state index contributed by atoms with van der Waals surface area (Å²) >= 11 is 3.51. The fraction of sp³-hybridized carbons (Fsp3) is 0.429. The van der Waals surface area contributed by atoms with Crippen LogP contribution in [0, 0.1) is 11.3 Å². The molecule has 100 valence electrons. The highest BCUT2D eigenvalue weighted by Crippen LogP contribution is 2.29. The lowest BCUT2D eigenvalue weighted by Crippen LogP contribution is -2.45. The van der Waals surface area contributed by atoms with Crippen LogP contribution in [0.25, 0.3) is 0 Å². The van der Waals surface area contributed by atoms with Crippen LogP contribution in [-0.2, 0) is 4.79 Å². The van der Waals surface area contributed by atoms with Crippen molar-refractivity contribution in [1.82, 2.24) is 5.32 Å². The normalized spacial score (nSPS) is 23.4. The van der Waals surface area contributed by atoms with Crippen LogP contribution in [0.4, 0.5) is 5.69 Å². The van der Waals surface area contributed by atoms with Gasteiger partial charge in [0.05, 0.1) is 18.2 Å². The highest BCUT2D eigenvalue weighted by atomic mass is 79.9. The van der Waals surface area contributed by atoms with Crippen molar-refractivity contribution < 1.29 is 4.79 Å². The number of halogens is 1. The monoisotopic (exact) mass is 321 g/mol. The molecule has 0 bridgehead atoms. The quantitative estimate of drug-likeness (QED) is 0.910. The van der Waals surface area contributed by atoms with Crippen LogP contribution in [0.2, 0.25) is 0 Å². The van der Waals surface area contributed by atoms with Gasteiger partial charge in [0.2, 0.25) is 5.91 Å². The van der Waals surface area contributed by atoms with Gasteiger partial charge in [-0.25, -0.2) is 0 Å². The van der Waals surface area contributed by atoms with Crippen molar-refractivity contribution in [3.63, 3.8) is 0 Å². The lowest BCUT2D eigenvalue weighted by molar-refractivity contribution is -0.122.